The number of hydrogen-bond acceptors (Lipinski definition) is 3. The van der Waals surface area contributed by atoms with Crippen molar-refractivity contribution in [2.24, 2.45) is 5.92 Å². The van der Waals surface area contributed by atoms with Crippen LogP contribution in [0.4, 0.5) is 0 Å². The molecular weight excluding hydrogens is 254 g/mol. The maximum Gasteiger partial charge on any atom is 0.327 e. The van der Waals surface area contributed by atoms with Gasteiger partial charge < -0.3 is 5.11 Å². The number of imidazole rings is 1. The molecule has 1 unspecified atom stereocenters. The molecule has 2 heterocycles. The van der Waals surface area contributed by atoms with Gasteiger partial charge >= 0.3 is 5.97 Å². The van der Waals surface area contributed by atoms with Gasteiger partial charge in [0.15, 0.2) is 5.65 Å². The Morgan fingerprint density at radius 2 is 2.15 bits per heavy atom. The summed E-state index contributed by atoms with van der Waals surface area (Å²) < 4.78 is 1.80. The van der Waals surface area contributed by atoms with Gasteiger partial charge in [-0.1, -0.05) is 20.8 Å². The van der Waals surface area contributed by atoms with Crippen LogP contribution in [0.2, 0.25) is 0 Å². The van der Waals surface area contributed by atoms with E-state index < -0.39 is 12.0 Å². The Hall–Kier alpha value is -1.91. The Morgan fingerprint density at radius 1 is 1.45 bits per heavy atom. The van der Waals surface area contributed by atoms with E-state index in [0.717, 1.165) is 29.7 Å². The summed E-state index contributed by atoms with van der Waals surface area (Å²) in [5, 5.41) is 9.55. The van der Waals surface area contributed by atoms with Gasteiger partial charge in [-0.05, 0) is 30.9 Å². The lowest BCUT2D eigenvalue weighted by molar-refractivity contribution is -0.142. The quantitative estimate of drug-likeness (QED) is 0.910. The van der Waals surface area contributed by atoms with Crippen LogP contribution in [0.15, 0.2) is 12.3 Å². The zero-order chi connectivity index (χ0) is 14.9. The molecule has 0 bridgehead atoms. The van der Waals surface area contributed by atoms with Gasteiger partial charge in [-0.3, -0.25) is 4.57 Å². The van der Waals surface area contributed by atoms with Crippen molar-refractivity contribution in [1.82, 2.24) is 14.5 Å². The topological polar surface area (TPSA) is 68.0 Å². The average Bonchev–Trinajstić information content (AvgIpc) is 2.67. The van der Waals surface area contributed by atoms with Gasteiger partial charge in [0.2, 0.25) is 0 Å². The molecule has 0 aromatic carbocycles. The molecule has 2 aromatic heterocycles. The fourth-order valence-corrected chi connectivity index (χ4v) is 2.52. The SMILES string of the molecule is CCCc1nc2cc(C)cnc2n1C(C(=O)O)C(C)C. The van der Waals surface area contributed by atoms with Gasteiger partial charge in [0.05, 0.1) is 0 Å². The number of carbonyl (C=O) groups is 1. The van der Waals surface area contributed by atoms with Crippen LogP contribution in [-0.2, 0) is 11.2 Å². The highest BCUT2D eigenvalue weighted by molar-refractivity contribution is 5.78. The van der Waals surface area contributed by atoms with Gasteiger partial charge in [-0.15, -0.1) is 0 Å². The zero-order valence-electron chi connectivity index (χ0n) is 12.4. The molecule has 108 valence electrons. The number of aryl methyl sites for hydroxylation is 2. The minimum Gasteiger partial charge on any atom is -0.480 e. The summed E-state index contributed by atoms with van der Waals surface area (Å²) in [6.45, 7) is 7.85. The fraction of sp³-hybridized carbons (Fsp3) is 0.533. The lowest BCUT2D eigenvalue weighted by atomic mass is 10.0. The molecule has 0 spiro atoms. The molecule has 0 aliphatic carbocycles. The van der Waals surface area contributed by atoms with E-state index in [-0.39, 0.29) is 5.92 Å². The van der Waals surface area contributed by atoms with Crippen LogP contribution in [0.3, 0.4) is 0 Å². The van der Waals surface area contributed by atoms with E-state index in [1.165, 1.54) is 0 Å². The summed E-state index contributed by atoms with van der Waals surface area (Å²) in [5.74, 6) is -0.0515. The molecule has 0 aliphatic heterocycles. The molecule has 0 radical (unpaired) electrons. The van der Waals surface area contributed by atoms with E-state index >= 15 is 0 Å². The summed E-state index contributed by atoms with van der Waals surface area (Å²) in [7, 11) is 0. The van der Waals surface area contributed by atoms with Crippen LogP contribution in [0.1, 0.15) is 44.6 Å². The molecule has 2 aromatic rings. The normalized spacial score (nSPS) is 13.1. The van der Waals surface area contributed by atoms with Gasteiger partial charge in [0, 0.05) is 12.6 Å². The number of carboxylic acids is 1. The summed E-state index contributed by atoms with van der Waals surface area (Å²) in [6.07, 6.45) is 3.44. The number of rotatable bonds is 5. The minimum atomic E-state index is -0.834. The first-order valence-electron chi connectivity index (χ1n) is 7.02. The lowest BCUT2D eigenvalue weighted by Crippen LogP contribution is -2.26. The Balaban J connectivity index is 2.70. The van der Waals surface area contributed by atoms with E-state index in [1.54, 1.807) is 10.8 Å². The first-order chi connectivity index (χ1) is 9.45. The monoisotopic (exact) mass is 275 g/mol. The van der Waals surface area contributed by atoms with E-state index in [2.05, 4.69) is 16.9 Å². The predicted molar refractivity (Wildman–Crippen MR) is 77.8 cm³/mol. The number of nitrogens with zero attached hydrogens (tertiary/aromatic N) is 3. The molecule has 0 saturated heterocycles. The predicted octanol–water partition coefficient (Wildman–Crippen LogP) is 2.97. The molecule has 0 fully saturated rings. The minimum absolute atomic E-state index is 0.0244. The Morgan fingerprint density at radius 3 is 2.70 bits per heavy atom. The third kappa shape index (κ3) is 2.53. The van der Waals surface area contributed by atoms with Gasteiger partial charge in [-0.25, -0.2) is 14.8 Å². The first kappa shape index (κ1) is 14.5. The summed E-state index contributed by atoms with van der Waals surface area (Å²) in [6, 6.07) is 1.33. The number of aromatic nitrogens is 3. The second kappa shape index (κ2) is 5.61. The molecular formula is C15H21N3O2. The Labute approximate surface area is 118 Å². The molecule has 1 atom stereocenters. The van der Waals surface area contributed by atoms with Gasteiger partial charge in [0.1, 0.15) is 17.4 Å². The van der Waals surface area contributed by atoms with Crippen LogP contribution in [-0.4, -0.2) is 25.6 Å². The zero-order valence-corrected chi connectivity index (χ0v) is 12.4. The number of fused-ring (bicyclic) bond motifs is 1. The highest BCUT2D eigenvalue weighted by Crippen LogP contribution is 2.26. The van der Waals surface area contributed by atoms with E-state index in [1.807, 2.05) is 26.8 Å². The Kier molecular flexibility index (Phi) is 4.06. The molecule has 0 aliphatic rings. The van der Waals surface area contributed by atoms with Gasteiger partial charge in [-0.2, -0.15) is 0 Å². The maximum atomic E-state index is 11.6. The van der Waals surface area contributed by atoms with E-state index in [9.17, 15) is 9.90 Å². The molecule has 2 rings (SSSR count). The standard InChI is InChI=1S/C15H21N3O2/c1-5-6-12-17-11-7-10(4)8-16-14(11)18(12)13(9(2)3)15(19)20/h7-9,13H,5-6H2,1-4H3,(H,19,20). The molecule has 1 N–H and O–H groups in total. The van der Waals surface area contributed by atoms with Crippen LogP contribution in [0, 0.1) is 12.8 Å². The third-order valence-electron chi connectivity index (χ3n) is 3.38. The van der Waals surface area contributed by atoms with Crippen molar-refractivity contribution in [1.29, 1.82) is 0 Å². The van der Waals surface area contributed by atoms with Crippen molar-refractivity contribution in [2.45, 2.75) is 46.6 Å². The second-order valence-electron chi connectivity index (χ2n) is 5.53. The fourth-order valence-electron chi connectivity index (χ4n) is 2.52. The summed E-state index contributed by atoms with van der Waals surface area (Å²) in [5.41, 5.74) is 2.47. The largest absolute Gasteiger partial charge is 0.480 e. The van der Waals surface area contributed by atoms with E-state index in [4.69, 9.17) is 0 Å². The van der Waals surface area contributed by atoms with Crippen LogP contribution < -0.4 is 0 Å². The van der Waals surface area contributed by atoms with Crippen molar-refractivity contribution in [3.63, 3.8) is 0 Å². The number of aliphatic carboxylic acids is 1. The number of pyridine rings is 1. The summed E-state index contributed by atoms with van der Waals surface area (Å²) >= 11 is 0. The molecule has 5 nitrogen and oxygen atoms in total. The van der Waals surface area contributed by atoms with Gasteiger partial charge in [0.25, 0.3) is 0 Å². The average molecular weight is 275 g/mol. The highest BCUT2D eigenvalue weighted by Gasteiger charge is 2.28. The third-order valence-corrected chi connectivity index (χ3v) is 3.38. The molecule has 0 amide bonds. The maximum absolute atomic E-state index is 11.6. The second-order valence-corrected chi connectivity index (χ2v) is 5.53. The Bertz CT molecular complexity index is 631. The smallest absolute Gasteiger partial charge is 0.327 e. The van der Waals surface area contributed by atoms with Crippen molar-refractivity contribution in [3.8, 4) is 0 Å². The van der Waals surface area contributed by atoms with E-state index in [0.29, 0.717) is 5.65 Å². The molecule has 0 saturated carbocycles. The number of hydrogen-bond donors (Lipinski definition) is 1. The highest BCUT2D eigenvalue weighted by atomic mass is 16.4. The van der Waals surface area contributed by atoms with Crippen molar-refractivity contribution in [3.05, 3.63) is 23.7 Å². The van der Waals surface area contributed by atoms with Crippen LogP contribution in [0.5, 0.6) is 0 Å². The first-order valence-corrected chi connectivity index (χ1v) is 7.02. The van der Waals surface area contributed by atoms with Crippen molar-refractivity contribution < 1.29 is 9.90 Å². The van der Waals surface area contributed by atoms with Crippen molar-refractivity contribution in [2.75, 3.05) is 0 Å². The van der Waals surface area contributed by atoms with Crippen LogP contribution in [0.25, 0.3) is 11.2 Å². The molecule has 20 heavy (non-hydrogen) atoms. The van der Waals surface area contributed by atoms with Crippen molar-refractivity contribution >= 4 is 17.1 Å². The molecule has 5 heteroatoms. The lowest BCUT2D eigenvalue weighted by Gasteiger charge is -2.20. The summed E-state index contributed by atoms with van der Waals surface area (Å²) in [4.78, 5) is 20.6. The number of carboxylic acid groups (broad SMARTS) is 1. The van der Waals surface area contributed by atoms with Crippen LogP contribution >= 0.6 is 0 Å².